The van der Waals surface area contributed by atoms with Gasteiger partial charge >= 0.3 is 0 Å². The van der Waals surface area contributed by atoms with Crippen LogP contribution in [-0.2, 0) is 0 Å². The summed E-state index contributed by atoms with van der Waals surface area (Å²) in [6, 6.07) is 10.4. The summed E-state index contributed by atoms with van der Waals surface area (Å²) in [4.78, 5) is 39.9. The lowest BCUT2D eigenvalue weighted by Gasteiger charge is -2.42. The molecule has 1 aromatic carbocycles. The van der Waals surface area contributed by atoms with Gasteiger partial charge in [0, 0.05) is 50.4 Å². The van der Waals surface area contributed by atoms with Crippen molar-refractivity contribution in [2.24, 2.45) is 5.73 Å². The maximum atomic E-state index is 12.8. The third-order valence-corrected chi connectivity index (χ3v) is 7.25. The molecule has 2 saturated heterocycles. The van der Waals surface area contributed by atoms with Crippen LogP contribution in [0, 0.1) is 0 Å². The highest BCUT2D eigenvalue weighted by Crippen LogP contribution is 2.28. The van der Waals surface area contributed by atoms with Crippen molar-refractivity contribution < 1.29 is 9.59 Å². The van der Waals surface area contributed by atoms with Gasteiger partial charge in [-0.15, -0.1) is 0 Å². The predicted octanol–water partition coefficient (Wildman–Crippen LogP) is 2.93. The van der Waals surface area contributed by atoms with Gasteiger partial charge in [-0.3, -0.25) is 14.5 Å². The van der Waals surface area contributed by atoms with Crippen molar-refractivity contribution in [2.75, 3.05) is 37.6 Å². The molecular weight excluding hydrogens is 484 g/mol. The number of rotatable bonds is 5. The number of benzene rings is 1. The van der Waals surface area contributed by atoms with Crippen LogP contribution in [0.5, 0.6) is 0 Å². The second-order valence-corrected chi connectivity index (χ2v) is 9.47. The van der Waals surface area contributed by atoms with E-state index < -0.39 is 5.91 Å². The molecule has 2 aliphatic rings. The number of halogens is 1. The van der Waals surface area contributed by atoms with Gasteiger partial charge in [0.15, 0.2) is 5.82 Å². The topological polar surface area (TPSA) is 95.7 Å². The second kappa shape index (κ2) is 10.6. The number of nitrogens with two attached hydrogens (primary N) is 1. The minimum Gasteiger partial charge on any atom is -0.364 e. The highest BCUT2D eigenvalue weighted by molar-refractivity contribution is 9.10. The fraction of sp³-hybridized carbons (Fsp3) is 0.500. The Morgan fingerprint density at radius 3 is 2.48 bits per heavy atom. The smallest absolute Gasteiger partial charge is 0.268 e. The number of likely N-dealkylation sites (tertiary alicyclic amines) is 1. The lowest BCUT2D eigenvalue weighted by molar-refractivity contribution is 0.0549. The summed E-state index contributed by atoms with van der Waals surface area (Å²) >= 11 is 3.48. The molecule has 1 aromatic heterocycles. The summed E-state index contributed by atoms with van der Waals surface area (Å²) in [6.07, 6.45) is 5.48. The number of nitrogens with zero attached hydrogens (tertiary/aromatic N) is 5. The van der Waals surface area contributed by atoms with Gasteiger partial charge in [0.2, 0.25) is 0 Å². The Labute approximate surface area is 203 Å². The molecule has 2 amide bonds. The van der Waals surface area contributed by atoms with E-state index in [-0.39, 0.29) is 11.6 Å². The first-order chi connectivity index (χ1) is 16.0. The summed E-state index contributed by atoms with van der Waals surface area (Å²) in [6.45, 7) is 6.56. The Morgan fingerprint density at radius 2 is 1.85 bits per heavy atom. The fourth-order valence-corrected chi connectivity index (χ4v) is 5.51. The molecule has 4 rings (SSSR count). The number of carbonyl (C=O) groups excluding carboxylic acids is 2. The zero-order valence-electron chi connectivity index (χ0n) is 19.0. The Balaban J connectivity index is 1.41. The maximum Gasteiger partial charge on any atom is 0.268 e. The average molecular weight is 515 g/mol. The van der Waals surface area contributed by atoms with Crippen LogP contribution in [-0.4, -0.2) is 76.4 Å². The van der Waals surface area contributed by atoms with Gasteiger partial charge in [-0.25, -0.2) is 9.97 Å². The first-order valence-corrected chi connectivity index (χ1v) is 12.4. The second-order valence-electron chi connectivity index (χ2n) is 8.72. The van der Waals surface area contributed by atoms with Gasteiger partial charge in [0.25, 0.3) is 11.8 Å². The number of hydrogen-bond donors (Lipinski definition) is 1. The van der Waals surface area contributed by atoms with Gasteiger partial charge < -0.3 is 15.5 Å². The minimum atomic E-state index is -0.583. The Hall–Kier alpha value is -2.52. The van der Waals surface area contributed by atoms with Crippen LogP contribution >= 0.6 is 15.9 Å². The molecule has 0 spiro atoms. The molecule has 1 atom stereocenters. The lowest BCUT2D eigenvalue weighted by Crippen LogP contribution is -2.51. The first-order valence-electron chi connectivity index (χ1n) is 11.6. The molecule has 176 valence electrons. The van der Waals surface area contributed by atoms with Crippen molar-refractivity contribution >= 4 is 33.6 Å². The third-order valence-electron chi connectivity index (χ3n) is 6.72. The van der Waals surface area contributed by atoms with Crippen molar-refractivity contribution in [1.29, 1.82) is 0 Å². The van der Waals surface area contributed by atoms with Crippen LogP contribution in [0.1, 0.15) is 53.5 Å². The molecule has 2 N–H and O–H groups in total. The van der Waals surface area contributed by atoms with E-state index in [0.29, 0.717) is 16.7 Å². The normalized spacial score (nSPS) is 20.5. The molecule has 3 heterocycles. The highest BCUT2D eigenvalue weighted by Gasteiger charge is 2.33. The summed E-state index contributed by atoms with van der Waals surface area (Å²) in [5.41, 5.74) is 6.26. The molecule has 0 saturated carbocycles. The number of hydrogen-bond acceptors (Lipinski definition) is 6. The highest BCUT2D eigenvalue weighted by atomic mass is 79.9. The van der Waals surface area contributed by atoms with Gasteiger partial charge in [-0.05, 0) is 53.7 Å². The van der Waals surface area contributed by atoms with Crippen LogP contribution in [0.2, 0.25) is 0 Å². The van der Waals surface area contributed by atoms with E-state index in [1.165, 1.54) is 6.20 Å². The molecule has 2 fully saturated rings. The van der Waals surface area contributed by atoms with Crippen molar-refractivity contribution in [3.05, 3.63) is 52.4 Å². The maximum absolute atomic E-state index is 12.8. The van der Waals surface area contributed by atoms with E-state index in [1.807, 2.05) is 35.2 Å². The van der Waals surface area contributed by atoms with Crippen molar-refractivity contribution in [3.63, 3.8) is 0 Å². The van der Waals surface area contributed by atoms with Crippen molar-refractivity contribution in [3.8, 4) is 0 Å². The Kier molecular flexibility index (Phi) is 7.60. The van der Waals surface area contributed by atoms with E-state index >= 15 is 0 Å². The number of amides is 2. The molecule has 1 unspecified atom stereocenters. The van der Waals surface area contributed by atoms with E-state index in [2.05, 4.69) is 42.6 Å². The molecule has 0 aliphatic carbocycles. The fourth-order valence-electron chi connectivity index (χ4n) is 4.97. The SMILES string of the molecule is CCC1CN(c2ncc(C(N)=O)nc2Br)CCCN1C1CCN(C(=O)c2ccccc2)CC1. The zero-order chi connectivity index (χ0) is 23.4. The predicted molar refractivity (Wildman–Crippen MR) is 131 cm³/mol. The molecule has 0 bridgehead atoms. The standard InChI is InChI=1S/C24H31BrN6O2/c1-2-18-16-30(23-21(25)28-20(15-27-23)22(26)32)11-6-12-31(18)19-9-13-29(14-10-19)24(33)17-7-4-3-5-8-17/h3-5,7-8,15,18-19H,2,6,9-14,16H2,1H3,(H2,26,32). The van der Waals surface area contributed by atoms with Gasteiger partial charge in [0.1, 0.15) is 10.3 Å². The average Bonchev–Trinajstić information content (AvgIpc) is 3.06. The number of carbonyl (C=O) groups is 2. The number of primary amides is 1. The van der Waals surface area contributed by atoms with E-state index in [1.54, 1.807) is 0 Å². The quantitative estimate of drug-likeness (QED) is 0.658. The van der Waals surface area contributed by atoms with Gasteiger partial charge in [-0.2, -0.15) is 0 Å². The molecule has 2 aromatic rings. The summed E-state index contributed by atoms with van der Waals surface area (Å²) in [5.74, 6) is 0.301. The monoisotopic (exact) mass is 514 g/mol. The van der Waals surface area contributed by atoms with Gasteiger partial charge in [-0.1, -0.05) is 25.1 Å². The van der Waals surface area contributed by atoms with E-state index in [4.69, 9.17) is 5.73 Å². The third kappa shape index (κ3) is 5.35. The van der Waals surface area contributed by atoms with Crippen LogP contribution in [0.25, 0.3) is 0 Å². The molecule has 9 heteroatoms. The summed E-state index contributed by atoms with van der Waals surface area (Å²) in [7, 11) is 0. The summed E-state index contributed by atoms with van der Waals surface area (Å²) < 4.78 is 0.551. The summed E-state index contributed by atoms with van der Waals surface area (Å²) in [5, 5.41) is 0. The van der Waals surface area contributed by atoms with Crippen molar-refractivity contribution in [2.45, 2.75) is 44.7 Å². The minimum absolute atomic E-state index is 0.131. The van der Waals surface area contributed by atoms with Crippen molar-refractivity contribution in [1.82, 2.24) is 19.8 Å². The van der Waals surface area contributed by atoms with Crippen LogP contribution in [0.15, 0.2) is 41.1 Å². The molecule has 0 radical (unpaired) electrons. The number of anilines is 1. The molecule has 8 nitrogen and oxygen atoms in total. The lowest BCUT2D eigenvalue weighted by atomic mass is 9.99. The molecular formula is C24H31BrN6O2. The van der Waals surface area contributed by atoms with E-state index in [0.717, 1.165) is 69.8 Å². The largest absolute Gasteiger partial charge is 0.364 e. The Bertz CT molecular complexity index is 980. The first kappa shape index (κ1) is 23.6. The van der Waals surface area contributed by atoms with Crippen LogP contribution in [0.4, 0.5) is 5.82 Å². The van der Waals surface area contributed by atoms with Crippen LogP contribution < -0.4 is 10.6 Å². The Morgan fingerprint density at radius 1 is 1.12 bits per heavy atom. The number of piperidine rings is 1. The van der Waals surface area contributed by atoms with E-state index in [9.17, 15) is 9.59 Å². The number of aromatic nitrogens is 2. The van der Waals surface area contributed by atoms with Crippen LogP contribution in [0.3, 0.4) is 0 Å². The molecule has 2 aliphatic heterocycles. The zero-order valence-corrected chi connectivity index (χ0v) is 20.6. The molecule has 33 heavy (non-hydrogen) atoms. The van der Waals surface area contributed by atoms with Gasteiger partial charge in [0.05, 0.1) is 6.20 Å².